The smallest absolute Gasteiger partial charge is 0.0492 e. The van der Waals surface area contributed by atoms with E-state index in [0.717, 1.165) is 6.54 Å². The number of hydrogen-bond acceptors (Lipinski definition) is 1. The van der Waals surface area contributed by atoms with E-state index in [1.165, 1.54) is 50.0 Å². The van der Waals surface area contributed by atoms with Gasteiger partial charge in [0.05, 0.1) is 0 Å². The van der Waals surface area contributed by atoms with E-state index in [2.05, 4.69) is 121 Å². The number of nitrogens with zero attached hydrogens (tertiary/aromatic N) is 2. The van der Waals surface area contributed by atoms with Crippen LogP contribution in [0.15, 0.2) is 91.0 Å². The Bertz CT molecular complexity index is 1340. The van der Waals surface area contributed by atoms with Crippen molar-refractivity contribution < 1.29 is 0 Å². The Labute approximate surface area is 178 Å². The zero-order valence-electron chi connectivity index (χ0n) is 17.8. The van der Waals surface area contributed by atoms with E-state index in [0.29, 0.717) is 0 Å². The lowest BCUT2D eigenvalue weighted by Gasteiger charge is -2.26. The van der Waals surface area contributed by atoms with Crippen LogP contribution in [0.25, 0.3) is 21.8 Å². The predicted molar refractivity (Wildman–Crippen MR) is 129 cm³/mol. The quantitative estimate of drug-likeness (QED) is 0.303. The molecular formula is C28H26N2. The molecule has 5 rings (SSSR count). The van der Waals surface area contributed by atoms with Crippen LogP contribution in [0, 0.1) is 13.8 Å². The fourth-order valence-corrected chi connectivity index (χ4v) is 4.43. The zero-order valence-corrected chi connectivity index (χ0v) is 17.8. The zero-order chi connectivity index (χ0) is 20.7. The lowest BCUT2D eigenvalue weighted by molar-refractivity contribution is 0.827. The average molecular weight is 391 g/mol. The molecule has 0 unspecified atom stereocenters. The fourth-order valence-electron chi connectivity index (χ4n) is 4.43. The molecule has 1 aromatic heterocycles. The lowest BCUT2D eigenvalue weighted by Crippen LogP contribution is -2.10. The van der Waals surface area contributed by atoms with Crippen molar-refractivity contribution in [1.82, 2.24) is 4.57 Å². The van der Waals surface area contributed by atoms with Gasteiger partial charge >= 0.3 is 0 Å². The third-order valence-electron chi connectivity index (χ3n) is 5.88. The van der Waals surface area contributed by atoms with Gasteiger partial charge in [-0.25, -0.2) is 0 Å². The van der Waals surface area contributed by atoms with Crippen molar-refractivity contribution >= 4 is 38.9 Å². The Kier molecular flexibility index (Phi) is 4.55. The molecule has 0 atom stereocenters. The highest BCUT2D eigenvalue weighted by Crippen LogP contribution is 2.38. The van der Waals surface area contributed by atoms with Crippen LogP contribution >= 0.6 is 0 Å². The second-order valence-corrected chi connectivity index (χ2v) is 7.97. The van der Waals surface area contributed by atoms with Crippen molar-refractivity contribution in [3.8, 4) is 0 Å². The van der Waals surface area contributed by atoms with Gasteiger partial charge in [-0.2, -0.15) is 0 Å². The van der Waals surface area contributed by atoms with E-state index in [1.54, 1.807) is 0 Å². The first-order valence-corrected chi connectivity index (χ1v) is 10.6. The summed E-state index contributed by atoms with van der Waals surface area (Å²) in [5.74, 6) is 0. The van der Waals surface area contributed by atoms with Crippen molar-refractivity contribution in [1.29, 1.82) is 0 Å². The normalized spacial score (nSPS) is 11.3. The van der Waals surface area contributed by atoms with Crippen molar-refractivity contribution in [2.24, 2.45) is 0 Å². The molecule has 0 amide bonds. The average Bonchev–Trinajstić information content (AvgIpc) is 3.08. The summed E-state index contributed by atoms with van der Waals surface area (Å²) in [4.78, 5) is 2.35. The maximum Gasteiger partial charge on any atom is 0.0492 e. The molecule has 0 radical (unpaired) electrons. The van der Waals surface area contributed by atoms with Gasteiger partial charge in [-0.15, -0.1) is 0 Å². The highest BCUT2D eigenvalue weighted by molar-refractivity contribution is 6.09. The number of rotatable bonds is 4. The van der Waals surface area contributed by atoms with Crippen LogP contribution in [0.1, 0.15) is 18.1 Å². The molecule has 0 bridgehead atoms. The Balaban J connectivity index is 1.76. The van der Waals surface area contributed by atoms with E-state index < -0.39 is 0 Å². The summed E-state index contributed by atoms with van der Waals surface area (Å²) in [5, 5.41) is 2.61. The maximum absolute atomic E-state index is 2.40. The van der Waals surface area contributed by atoms with Crippen molar-refractivity contribution in [3.05, 3.63) is 102 Å². The molecule has 148 valence electrons. The third kappa shape index (κ3) is 3.05. The second kappa shape index (κ2) is 7.38. The maximum atomic E-state index is 2.40. The minimum absolute atomic E-state index is 0.961. The highest BCUT2D eigenvalue weighted by atomic mass is 15.1. The van der Waals surface area contributed by atoms with Gasteiger partial charge in [-0.3, -0.25) is 0 Å². The third-order valence-corrected chi connectivity index (χ3v) is 5.88. The minimum Gasteiger partial charge on any atom is -0.341 e. The van der Waals surface area contributed by atoms with E-state index in [4.69, 9.17) is 0 Å². The van der Waals surface area contributed by atoms with Crippen LogP contribution in [-0.2, 0) is 6.54 Å². The van der Waals surface area contributed by atoms with Crippen molar-refractivity contribution in [3.63, 3.8) is 0 Å². The molecular weight excluding hydrogens is 364 g/mol. The Morgan fingerprint density at radius 2 is 1.30 bits per heavy atom. The van der Waals surface area contributed by atoms with Crippen LogP contribution in [-0.4, -0.2) is 4.57 Å². The first-order valence-electron chi connectivity index (χ1n) is 10.6. The summed E-state index contributed by atoms with van der Waals surface area (Å²) in [6, 6.07) is 33.0. The number of fused-ring (bicyclic) bond motifs is 3. The SMILES string of the molecule is CCn1c2ccccc2c2cc(N(c3ccc(C)cc3)c3cccc(C)c3)ccc21. The first-order chi connectivity index (χ1) is 14.7. The molecule has 0 aliphatic carbocycles. The summed E-state index contributed by atoms with van der Waals surface area (Å²) >= 11 is 0. The molecule has 0 saturated heterocycles. The van der Waals surface area contributed by atoms with Crippen LogP contribution in [0.2, 0.25) is 0 Å². The van der Waals surface area contributed by atoms with Gasteiger partial charge in [0, 0.05) is 45.4 Å². The molecule has 2 nitrogen and oxygen atoms in total. The van der Waals surface area contributed by atoms with Gasteiger partial charge in [-0.05, 0) is 74.9 Å². The topological polar surface area (TPSA) is 8.17 Å². The molecule has 0 fully saturated rings. The number of hydrogen-bond donors (Lipinski definition) is 0. The molecule has 5 aromatic rings. The molecule has 2 heteroatoms. The number of aromatic nitrogens is 1. The lowest BCUT2D eigenvalue weighted by atomic mass is 10.1. The number of para-hydroxylation sites is 1. The van der Waals surface area contributed by atoms with E-state index in [1.807, 2.05) is 0 Å². The standard InChI is InChI=1S/C28H26N2/c1-4-29-27-11-6-5-10-25(27)26-19-24(16-17-28(26)29)30(22-14-12-20(2)13-15-22)23-9-7-8-21(3)18-23/h5-19H,4H2,1-3H3. The summed E-state index contributed by atoms with van der Waals surface area (Å²) in [6.45, 7) is 7.45. The Morgan fingerprint density at radius 3 is 2.07 bits per heavy atom. The van der Waals surface area contributed by atoms with Crippen LogP contribution in [0.5, 0.6) is 0 Å². The largest absolute Gasteiger partial charge is 0.341 e. The summed E-state index contributed by atoms with van der Waals surface area (Å²) < 4.78 is 2.40. The van der Waals surface area contributed by atoms with Crippen LogP contribution in [0.3, 0.4) is 0 Å². The molecule has 0 spiro atoms. The summed E-state index contributed by atoms with van der Waals surface area (Å²) in [7, 11) is 0. The molecule has 0 aliphatic rings. The molecule has 30 heavy (non-hydrogen) atoms. The van der Waals surface area contributed by atoms with Crippen molar-refractivity contribution in [2.45, 2.75) is 27.3 Å². The van der Waals surface area contributed by atoms with Gasteiger partial charge < -0.3 is 9.47 Å². The monoisotopic (exact) mass is 390 g/mol. The van der Waals surface area contributed by atoms with E-state index >= 15 is 0 Å². The van der Waals surface area contributed by atoms with Gasteiger partial charge in [0.2, 0.25) is 0 Å². The van der Waals surface area contributed by atoms with Gasteiger partial charge in [-0.1, -0.05) is 48.0 Å². The molecule has 1 heterocycles. The molecule has 4 aromatic carbocycles. The van der Waals surface area contributed by atoms with E-state index in [9.17, 15) is 0 Å². The Hall–Kier alpha value is -3.52. The Morgan fingerprint density at radius 1 is 0.600 bits per heavy atom. The fraction of sp³-hybridized carbons (Fsp3) is 0.143. The number of benzene rings is 4. The molecule has 0 N–H and O–H groups in total. The van der Waals surface area contributed by atoms with Crippen LogP contribution in [0.4, 0.5) is 17.1 Å². The summed E-state index contributed by atoms with van der Waals surface area (Å²) in [5.41, 5.74) is 8.64. The first kappa shape index (κ1) is 18.5. The van der Waals surface area contributed by atoms with Gasteiger partial charge in [0.25, 0.3) is 0 Å². The minimum atomic E-state index is 0.961. The van der Waals surface area contributed by atoms with Gasteiger partial charge in [0.1, 0.15) is 0 Å². The number of anilines is 3. The second-order valence-electron chi connectivity index (χ2n) is 7.97. The van der Waals surface area contributed by atoms with Gasteiger partial charge in [0.15, 0.2) is 0 Å². The van der Waals surface area contributed by atoms with Crippen molar-refractivity contribution in [2.75, 3.05) is 4.90 Å². The number of aryl methyl sites for hydroxylation is 3. The molecule has 0 saturated carbocycles. The summed E-state index contributed by atoms with van der Waals surface area (Å²) in [6.07, 6.45) is 0. The highest BCUT2D eigenvalue weighted by Gasteiger charge is 2.16. The van der Waals surface area contributed by atoms with E-state index in [-0.39, 0.29) is 0 Å². The van der Waals surface area contributed by atoms with Crippen LogP contribution < -0.4 is 4.90 Å². The predicted octanol–water partition coefficient (Wildman–Crippen LogP) is 7.90. The molecule has 0 aliphatic heterocycles.